The van der Waals surface area contributed by atoms with Crippen LogP contribution in [0.3, 0.4) is 0 Å². The highest BCUT2D eigenvalue weighted by molar-refractivity contribution is 5.95. The summed E-state index contributed by atoms with van der Waals surface area (Å²) < 4.78 is 10.2. The van der Waals surface area contributed by atoms with Crippen LogP contribution in [0.15, 0.2) is 42.5 Å². The average molecular weight is 447 g/mol. The fourth-order valence-corrected chi connectivity index (χ4v) is 2.77. The van der Waals surface area contributed by atoms with Gasteiger partial charge in [0.2, 0.25) is 11.8 Å². The van der Waals surface area contributed by atoms with E-state index in [1.807, 2.05) is 30.3 Å². The van der Waals surface area contributed by atoms with Gasteiger partial charge in [0.25, 0.3) is 0 Å². The summed E-state index contributed by atoms with van der Waals surface area (Å²) in [6.07, 6.45) is 2.50. The zero-order valence-corrected chi connectivity index (χ0v) is 19.0. The maximum Gasteiger partial charge on any atom is 0.328 e. The van der Waals surface area contributed by atoms with Crippen molar-refractivity contribution < 1.29 is 28.7 Å². The summed E-state index contributed by atoms with van der Waals surface area (Å²) in [5, 5.41) is 5.41. The number of nitrogens with one attached hydrogen (secondary N) is 2. The SMILES string of the molecule is C=C(C)C(=O)NC(CCCCNC(=O)CCCC(=O)OCc1ccccc1)C(=O)OCC. The van der Waals surface area contributed by atoms with E-state index in [4.69, 9.17) is 9.47 Å². The highest BCUT2D eigenvalue weighted by Gasteiger charge is 2.21. The molecule has 32 heavy (non-hydrogen) atoms. The standard InChI is InChI=1S/C24H34N2O6/c1-4-31-24(30)20(26-23(29)18(2)3)13-8-9-16-25-21(27)14-10-15-22(28)32-17-19-11-6-5-7-12-19/h5-7,11-12,20H,2,4,8-10,13-17H2,1,3H3,(H,25,27)(H,26,29). The van der Waals surface area contributed by atoms with Crippen molar-refractivity contribution in [3.05, 3.63) is 48.0 Å². The molecule has 2 amide bonds. The number of unbranched alkanes of at least 4 members (excludes halogenated alkanes) is 1. The van der Waals surface area contributed by atoms with Crippen molar-refractivity contribution in [3.63, 3.8) is 0 Å². The molecule has 2 N–H and O–H groups in total. The minimum atomic E-state index is -0.739. The number of benzene rings is 1. The average Bonchev–Trinajstić information content (AvgIpc) is 2.77. The van der Waals surface area contributed by atoms with Crippen LogP contribution in [0.25, 0.3) is 0 Å². The van der Waals surface area contributed by atoms with Crippen LogP contribution in [0, 0.1) is 0 Å². The Morgan fingerprint density at radius 3 is 2.38 bits per heavy atom. The lowest BCUT2D eigenvalue weighted by Crippen LogP contribution is -2.42. The summed E-state index contributed by atoms with van der Waals surface area (Å²) in [4.78, 5) is 47.5. The van der Waals surface area contributed by atoms with Crippen LogP contribution in [0.2, 0.25) is 0 Å². The van der Waals surface area contributed by atoms with Gasteiger partial charge < -0.3 is 20.1 Å². The normalized spacial score (nSPS) is 11.2. The van der Waals surface area contributed by atoms with E-state index < -0.39 is 17.9 Å². The maximum atomic E-state index is 12.0. The van der Waals surface area contributed by atoms with Crippen LogP contribution in [-0.2, 0) is 35.3 Å². The molecule has 8 nitrogen and oxygen atoms in total. The topological polar surface area (TPSA) is 111 Å². The molecule has 0 bridgehead atoms. The van der Waals surface area contributed by atoms with E-state index in [1.54, 1.807) is 13.8 Å². The molecule has 1 aromatic rings. The minimum Gasteiger partial charge on any atom is -0.464 e. The number of ether oxygens (including phenoxy) is 2. The van der Waals surface area contributed by atoms with Crippen LogP contribution in [-0.4, -0.2) is 42.9 Å². The molecular weight excluding hydrogens is 412 g/mol. The molecule has 1 unspecified atom stereocenters. The molecule has 0 aliphatic carbocycles. The van der Waals surface area contributed by atoms with Crippen molar-refractivity contribution in [2.24, 2.45) is 0 Å². The van der Waals surface area contributed by atoms with Crippen LogP contribution in [0.5, 0.6) is 0 Å². The monoisotopic (exact) mass is 446 g/mol. The van der Waals surface area contributed by atoms with Crippen LogP contribution in [0.1, 0.15) is 57.9 Å². The predicted octanol–water partition coefficient (Wildman–Crippen LogP) is 2.81. The Morgan fingerprint density at radius 2 is 1.72 bits per heavy atom. The molecule has 0 aromatic heterocycles. The van der Waals surface area contributed by atoms with Crippen molar-refractivity contribution in [1.82, 2.24) is 10.6 Å². The number of carbonyl (C=O) groups excluding carboxylic acids is 4. The van der Waals surface area contributed by atoms with Gasteiger partial charge in [-0.25, -0.2) is 4.79 Å². The molecule has 0 aliphatic rings. The van der Waals surface area contributed by atoms with Crippen molar-refractivity contribution in [1.29, 1.82) is 0 Å². The highest BCUT2D eigenvalue weighted by Crippen LogP contribution is 2.06. The molecule has 0 radical (unpaired) electrons. The Morgan fingerprint density at radius 1 is 1.00 bits per heavy atom. The molecule has 8 heteroatoms. The molecule has 1 aromatic carbocycles. The van der Waals surface area contributed by atoms with Crippen LogP contribution in [0.4, 0.5) is 0 Å². The van der Waals surface area contributed by atoms with E-state index >= 15 is 0 Å². The molecule has 0 saturated heterocycles. The van der Waals surface area contributed by atoms with Gasteiger partial charge in [-0.15, -0.1) is 0 Å². The molecule has 1 rings (SSSR count). The first-order valence-corrected chi connectivity index (χ1v) is 10.9. The van der Waals surface area contributed by atoms with E-state index in [0.29, 0.717) is 37.8 Å². The zero-order chi connectivity index (χ0) is 23.8. The third-order valence-corrected chi connectivity index (χ3v) is 4.53. The van der Waals surface area contributed by atoms with Gasteiger partial charge >= 0.3 is 11.9 Å². The van der Waals surface area contributed by atoms with Gasteiger partial charge in [0.15, 0.2) is 0 Å². The molecule has 0 spiro atoms. The number of amides is 2. The van der Waals surface area contributed by atoms with Gasteiger partial charge in [-0.1, -0.05) is 36.9 Å². The molecule has 0 saturated carbocycles. The Balaban J connectivity index is 2.17. The molecule has 0 fully saturated rings. The minimum absolute atomic E-state index is 0.140. The number of carbonyl (C=O) groups is 4. The fourth-order valence-electron chi connectivity index (χ4n) is 2.77. The number of hydrogen-bond donors (Lipinski definition) is 2. The van der Waals surface area contributed by atoms with E-state index in [9.17, 15) is 19.2 Å². The molecular formula is C24H34N2O6. The van der Waals surface area contributed by atoms with E-state index in [1.165, 1.54) is 0 Å². The zero-order valence-electron chi connectivity index (χ0n) is 19.0. The second-order valence-corrected chi connectivity index (χ2v) is 7.40. The van der Waals surface area contributed by atoms with E-state index in [2.05, 4.69) is 17.2 Å². The van der Waals surface area contributed by atoms with Gasteiger partial charge in [-0.3, -0.25) is 14.4 Å². The van der Waals surface area contributed by atoms with Crippen molar-refractivity contribution in [2.75, 3.05) is 13.2 Å². The van der Waals surface area contributed by atoms with Gasteiger partial charge in [0, 0.05) is 25.0 Å². The summed E-state index contributed by atoms with van der Waals surface area (Å²) in [6, 6.07) is 8.67. The fraction of sp³-hybridized carbons (Fsp3) is 0.500. The number of rotatable bonds is 15. The lowest BCUT2D eigenvalue weighted by Gasteiger charge is -2.17. The molecule has 176 valence electrons. The Kier molecular flexibility index (Phi) is 13.1. The van der Waals surface area contributed by atoms with Gasteiger partial charge in [0.1, 0.15) is 12.6 Å². The summed E-state index contributed by atoms with van der Waals surface area (Å²) in [7, 11) is 0. The Bertz CT molecular complexity index is 763. The maximum absolute atomic E-state index is 12.0. The summed E-state index contributed by atoms with van der Waals surface area (Å²) >= 11 is 0. The van der Waals surface area contributed by atoms with Gasteiger partial charge in [0.05, 0.1) is 6.61 Å². The number of esters is 2. The van der Waals surface area contributed by atoms with Crippen molar-refractivity contribution >= 4 is 23.8 Å². The molecule has 0 aliphatic heterocycles. The van der Waals surface area contributed by atoms with Crippen LogP contribution < -0.4 is 10.6 Å². The van der Waals surface area contributed by atoms with E-state index in [-0.39, 0.29) is 37.9 Å². The van der Waals surface area contributed by atoms with E-state index in [0.717, 1.165) is 5.56 Å². The summed E-state index contributed by atoms with van der Waals surface area (Å²) in [5.41, 5.74) is 1.23. The first-order chi connectivity index (χ1) is 15.3. The van der Waals surface area contributed by atoms with Gasteiger partial charge in [-0.2, -0.15) is 0 Å². The predicted molar refractivity (Wildman–Crippen MR) is 120 cm³/mol. The van der Waals surface area contributed by atoms with Crippen molar-refractivity contribution in [3.8, 4) is 0 Å². The quantitative estimate of drug-likeness (QED) is 0.243. The van der Waals surface area contributed by atoms with Gasteiger partial charge in [-0.05, 0) is 45.1 Å². The molecule has 1 atom stereocenters. The Hall–Kier alpha value is -3.16. The molecule has 0 heterocycles. The second-order valence-electron chi connectivity index (χ2n) is 7.40. The summed E-state index contributed by atoms with van der Waals surface area (Å²) in [6.45, 7) is 7.73. The Labute approximate surface area is 189 Å². The van der Waals surface area contributed by atoms with Crippen LogP contribution >= 0.6 is 0 Å². The summed E-state index contributed by atoms with van der Waals surface area (Å²) in [5.74, 6) is -1.34. The third kappa shape index (κ3) is 11.9. The third-order valence-electron chi connectivity index (χ3n) is 4.53. The lowest BCUT2D eigenvalue weighted by atomic mass is 10.1. The first kappa shape index (κ1) is 26.9. The first-order valence-electron chi connectivity index (χ1n) is 10.9. The smallest absolute Gasteiger partial charge is 0.328 e. The second kappa shape index (κ2) is 15.6. The number of hydrogen-bond acceptors (Lipinski definition) is 6. The van der Waals surface area contributed by atoms with Crippen molar-refractivity contribution in [2.45, 2.75) is 65.0 Å². The lowest BCUT2D eigenvalue weighted by molar-refractivity contribution is -0.147. The highest BCUT2D eigenvalue weighted by atomic mass is 16.5. The largest absolute Gasteiger partial charge is 0.464 e.